The van der Waals surface area contributed by atoms with Gasteiger partial charge in [0, 0.05) is 11.9 Å². The molecule has 0 saturated carbocycles. The van der Waals surface area contributed by atoms with Crippen molar-refractivity contribution in [3.8, 4) is 5.82 Å². The molecule has 2 aromatic heterocycles. The fourth-order valence-corrected chi connectivity index (χ4v) is 2.27. The van der Waals surface area contributed by atoms with Crippen molar-refractivity contribution < 1.29 is 14.7 Å². The molecule has 0 aliphatic rings. The second-order valence-electron chi connectivity index (χ2n) is 5.08. The van der Waals surface area contributed by atoms with Crippen LogP contribution in [0.2, 0.25) is 0 Å². The fraction of sp³-hybridized carbons (Fsp3) is 0.0588. The van der Waals surface area contributed by atoms with Gasteiger partial charge in [-0.3, -0.25) is 4.79 Å². The number of carboxylic acid groups (broad SMARTS) is 1. The molecule has 0 saturated heterocycles. The molecule has 0 radical (unpaired) electrons. The van der Waals surface area contributed by atoms with E-state index in [1.807, 2.05) is 6.07 Å². The lowest BCUT2D eigenvalue weighted by Crippen LogP contribution is -2.13. The van der Waals surface area contributed by atoms with Crippen LogP contribution in [0, 0.1) is 6.92 Å². The molecule has 0 unspecified atom stereocenters. The van der Waals surface area contributed by atoms with E-state index in [-0.39, 0.29) is 11.5 Å². The summed E-state index contributed by atoms with van der Waals surface area (Å²) in [5, 5.41) is 15.9. The standard InChI is InChI=1S/C17H14N4O3/c1-11-14(10-19-21(11)15-7-2-3-8-18-15)16(22)20-13-6-4-5-12(9-13)17(23)24/h2-10H,1H3,(H,20,22)(H,23,24). The molecular formula is C17H14N4O3. The molecule has 1 aromatic carbocycles. The minimum absolute atomic E-state index is 0.105. The second kappa shape index (κ2) is 6.33. The zero-order valence-corrected chi connectivity index (χ0v) is 12.8. The van der Waals surface area contributed by atoms with Crippen LogP contribution >= 0.6 is 0 Å². The fourth-order valence-electron chi connectivity index (χ4n) is 2.27. The Labute approximate surface area is 137 Å². The van der Waals surface area contributed by atoms with Gasteiger partial charge < -0.3 is 10.4 Å². The van der Waals surface area contributed by atoms with Crippen molar-refractivity contribution >= 4 is 17.6 Å². The number of aromatic nitrogens is 3. The minimum Gasteiger partial charge on any atom is -0.478 e. The molecule has 120 valence electrons. The minimum atomic E-state index is -1.05. The Hall–Kier alpha value is -3.48. The number of carbonyl (C=O) groups is 2. The van der Waals surface area contributed by atoms with Crippen LogP contribution in [0.4, 0.5) is 5.69 Å². The summed E-state index contributed by atoms with van der Waals surface area (Å²) in [6.07, 6.45) is 3.11. The van der Waals surface area contributed by atoms with E-state index in [9.17, 15) is 9.59 Å². The average molecular weight is 322 g/mol. The molecule has 24 heavy (non-hydrogen) atoms. The third kappa shape index (κ3) is 3.00. The summed E-state index contributed by atoms with van der Waals surface area (Å²) in [5.41, 5.74) is 1.54. The number of benzene rings is 1. The molecular weight excluding hydrogens is 308 g/mol. The lowest BCUT2D eigenvalue weighted by atomic mass is 10.2. The Morgan fingerprint density at radius 1 is 1.17 bits per heavy atom. The Morgan fingerprint density at radius 2 is 2.00 bits per heavy atom. The van der Waals surface area contributed by atoms with Crippen molar-refractivity contribution in [1.29, 1.82) is 0 Å². The van der Waals surface area contributed by atoms with Gasteiger partial charge >= 0.3 is 5.97 Å². The topological polar surface area (TPSA) is 97.1 Å². The van der Waals surface area contributed by atoms with E-state index >= 15 is 0 Å². The molecule has 0 aliphatic carbocycles. The van der Waals surface area contributed by atoms with E-state index in [2.05, 4.69) is 15.4 Å². The summed E-state index contributed by atoms with van der Waals surface area (Å²) >= 11 is 0. The number of hydrogen-bond donors (Lipinski definition) is 2. The number of carboxylic acids is 1. The highest BCUT2D eigenvalue weighted by Crippen LogP contribution is 2.16. The first kappa shape index (κ1) is 15.4. The summed E-state index contributed by atoms with van der Waals surface area (Å²) in [6, 6.07) is 11.5. The van der Waals surface area contributed by atoms with Crippen LogP contribution in [-0.4, -0.2) is 31.7 Å². The average Bonchev–Trinajstić information content (AvgIpc) is 2.97. The maximum atomic E-state index is 12.4. The smallest absolute Gasteiger partial charge is 0.335 e. The van der Waals surface area contributed by atoms with E-state index in [1.165, 1.54) is 18.3 Å². The van der Waals surface area contributed by atoms with Crippen molar-refractivity contribution in [3.05, 3.63) is 71.7 Å². The third-order valence-electron chi connectivity index (χ3n) is 3.49. The molecule has 7 nitrogen and oxygen atoms in total. The van der Waals surface area contributed by atoms with Gasteiger partial charge in [0.2, 0.25) is 0 Å². The van der Waals surface area contributed by atoms with Gasteiger partial charge in [-0.25, -0.2) is 14.5 Å². The normalized spacial score (nSPS) is 10.4. The van der Waals surface area contributed by atoms with Crippen LogP contribution in [0.1, 0.15) is 26.4 Å². The molecule has 0 aliphatic heterocycles. The first-order valence-electron chi connectivity index (χ1n) is 7.17. The van der Waals surface area contributed by atoms with Crippen molar-refractivity contribution in [1.82, 2.24) is 14.8 Å². The number of nitrogens with one attached hydrogen (secondary N) is 1. The van der Waals surface area contributed by atoms with Gasteiger partial charge in [0.25, 0.3) is 5.91 Å². The number of carbonyl (C=O) groups excluding carboxylic acids is 1. The number of amides is 1. The van der Waals surface area contributed by atoms with Crippen LogP contribution in [-0.2, 0) is 0 Å². The lowest BCUT2D eigenvalue weighted by molar-refractivity contribution is 0.0696. The SMILES string of the molecule is Cc1c(C(=O)Nc2cccc(C(=O)O)c2)cnn1-c1ccccn1. The van der Waals surface area contributed by atoms with Crippen molar-refractivity contribution in [2.75, 3.05) is 5.32 Å². The van der Waals surface area contributed by atoms with Gasteiger partial charge in [0.05, 0.1) is 23.0 Å². The van der Waals surface area contributed by atoms with E-state index in [4.69, 9.17) is 5.11 Å². The monoisotopic (exact) mass is 322 g/mol. The summed E-state index contributed by atoms with van der Waals surface area (Å²) < 4.78 is 1.57. The zero-order valence-electron chi connectivity index (χ0n) is 12.8. The first-order valence-corrected chi connectivity index (χ1v) is 7.17. The van der Waals surface area contributed by atoms with Gasteiger partial charge in [0.15, 0.2) is 5.82 Å². The van der Waals surface area contributed by atoms with E-state index in [0.29, 0.717) is 22.8 Å². The summed E-state index contributed by atoms with van der Waals surface area (Å²) in [4.78, 5) is 27.6. The number of hydrogen-bond acceptors (Lipinski definition) is 4. The predicted octanol–water partition coefficient (Wildman–Crippen LogP) is 2.53. The maximum Gasteiger partial charge on any atom is 0.335 e. The second-order valence-corrected chi connectivity index (χ2v) is 5.08. The van der Waals surface area contributed by atoms with Crippen LogP contribution < -0.4 is 5.32 Å². The van der Waals surface area contributed by atoms with E-state index < -0.39 is 5.97 Å². The quantitative estimate of drug-likeness (QED) is 0.769. The third-order valence-corrected chi connectivity index (χ3v) is 3.49. The van der Waals surface area contributed by atoms with Gasteiger partial charge in [-0.15, -0.1) is 0 Å². The molecule has 2 N–H and O–H groups in total. The molecule has 0 fully saturated rings. The molecule has 0 atom stereocenters. The number of anilines is 1. The van der Waals surface area contributed by atoms with E-state index in [1.54, 1.807) is 42.1 Å². The Morgan fingerprint density at radius 3 is 2.71 bits per heavy atom. The molecule has 0 spiro atoms. The van der Waals surface area contributed by atoms with Gasteiger partial charge in [0.1, 0.15) is 0 Å². The number of nitrogens with zero attached hydrogens (tertiary/aromatic N) is 3. The van der Waals surface area contributed by atoms with Crippen LogP contribution in [0.25, 0.3) is 5.82 Å². The summed E-state index contributed by atoms with van der Waals surface area (Å²) in [6.45, 7) is 1.77. The summed E-state index contributed by atoms with van der Waals surface area (Å²) in [5.74, 6) is -0.801. The predicted molar refractivity (Wildman–Crippen MR) is 87.5 cm³/mol. The largest absolute Gasteiger partial charge is 0.478 e. The Kier molecular flexibility index (Phi) is 4.07. The van der Waals surface area contributed by atoms with Gasteiger partial charge in [-0.05, 0) is 37.3 Å². The van der Waals surface area contributed by atoms with E-state index in [0.717, 1.165) is 0 Å². The van der Waals surface area contributed by atoms with Crippen LogP contribution in [0.3, 0.4) is 0 Å². The Balaban J connectivity index is 1.85. The van der Waals surface area contributed by atoms with Crippen molar-refractivity contribution in [3.63, 3.8) is 0 Å². The van der Waals surface area contributed by atoms with Crippen LogP contribution in [0.5, 0.6) is 0 Å². The highest BCUT2D eigenvalue weighted by molar-refractivity contribution is 6.05. The van der Waals surface area contributed by atoms with Crippen LogP contribution in [0.15, 0.2) is 54.9 Å². The Bertz CT molecular complexity index is 903. The lowest BCUT2D eigenvalue weighted by Gasteiger charge is -2.06. The van der Waals surface area contributed by atoms with Crippen molar-refractivity contribution in [2.24, 2.45) is 0 Å². The molecule has 3 rings (SSSR count). The summed E-state index contributed by atoms with van der Waals surface area (Å²) in [7, 11) is 0. The molecule has 2 heterocycles. The highest BCUT2D eigenvalue weighted by atomic mass is 16.4. The van der Waals surface area contributed by atoms with Gasteiger partial charge in [-0.2, -0.15) is 5.10 Å². The highest BCUT2D eigenvalue weighted by Gasteiger charge is 2.16. The van der Waals surface area contributed by atoms with Crippen molar-refractivity contribution in [2.45, 2.75) is 6.92 Å². The zero-order chi connectivity index (χ0) is 17.1. The number of aromatic carboxylic acids is 1. The molecule has 3 aromatic rings. The number of pyridine rings is 1. The van der Waals surface area contributed by atoms with Gasteiger partial charge in [-0.1, -0.05) is 12.1 Å². The molecule has 0 bridgehead atoms. The molecule has 7 heteroatoms. The molecule has 1 amide bonds. The maximum absolute atomic E-state index is 12.4. The number of rotatable bonds is 4. The first-order chi connectivity index (χ1) is 11.6.